The lowest BCUT2D eigenvalue weighted by Gasteiger charge is -2.48. The van der Waals surface area contributed by atoms with Crippen LogP contribution in [0.3, 0.4) is 0 Å². The smallest absolute Gasteiger partial charge is 0.410 e. The number of hydrogen-bond acceptors (Lipinski definition) is 6. The van der Waals surface area contributed by atoms with Gasteiger partial charge in [0, 0.05) is 12.5 Å². The highest BCUT2D eigenvalue weighted by molar-refractivity contribution is 5.70. The molecule has 5 rings (SSSR count). The molecule has 4 atom stereocenters. The molecule has 1 aliphatic rings. The van der Waals surface area contributed by atoms with Gasteiger partial charge in [-0.05, 0) is 28.7 Å². The molecule has 4 aromatic rings. The highest BCUT2D eigenvalue weighted by Crippen LogP contribution is 2.32. The van der Waals surface area contributed by atoms with Gasteiger partial charge in [-0.2, -0.15) is 0 Å². The molecular weight excluding hydrogens is 554 g/mol. The quantitative estimate of drug-likeness (QED) is 0.151. The van der Waals surface area contributed by atoms with Crippen molar-refractivity contribution in [1.29, 1.82) is 0 Å². The molecule has 1 saturated heterocycles. The van der Waals surface area contributed by atoms with Crippen molar-refractivity contribution in [2.45, 2.75) is 63.6 Å². The number of hydrogen-bond donors (Lipinski definition) is 0. The van der Waals surface area contributed by atoms with E-state index >= 15 is 0 Å². The predicted octanol–water partition coefficient (Wildman–Crippen LogP) is 6.74. The topological polar surface area (TPSA) is 74.3 Å². The molecule has 7 nitrogen and oxygen atoms in total. The van der Waals surface area contributed by atoms with E-state index < -0.39 is 30.4 Å². The van der Waals surface area contributed by atoms with Crippen molar-refractivity contribution < 1.29 is 28.5 Å². The van der Waals surface area contributed by atoms with Gasteiger partial charge in [0.2, 0.25) is 0 Å². The Morgan fingerprint density at radius 1 is 0.659 bits per heavy atom. The fourth-order valence-electron chi connectivity index (χ4n) is 5.56. The highest BCUT2D eigenvalue weighted by Gasteiger charge is 2.47. The fraction of sp³-hybridized carbons (Fsp3) is 0.297. The maximum Gasteiger partial charge on any atom is 0.410 e. The summed E-state index contributed by atoms with van der Waals surface area (Å²) < 4.78 is 25.2. The molecule has 1 fully saturated rings. The van der Waals surface area contributed by atoms with Crippen LogP contribution in [0.1, 0.15) is 35.1 Å². The Hall–Kier alpha value is -4.30. The van der Waals surface area contributed by atoms with Gasteiger partial charge in [-0.3, -0.25) is 4.90 Å². The van der Waals surface area contributed by atoms with Crippen molar-refractivity contribution in [2.24, 2.45) is 0 Å². The van der Waals surface area contributed by atoms with E-state index in [2.05, 4.69) is 0 Å². The molecule has 7 heteroatoms. The van der Waals surface area contributed by atoms with Gasteiger partial charge < -0.3 is 23.7 Å². The standard InChI is InChI=1S/C37H39NO6/c39-22-21-33-23-35(42-25-30-15-7-2-8-16-30)36(43-26-31-17-9-3-10-18-31)34(28-41-24-29-13-5-1-6-14-29)38(33)37(40)44-27-32-19-11-4-12-20-32/h1-20,22,33-36H,21,23-28H2/t33-,34+,35-,36-/m1/s1. The van der Waals surface area contributed by atoms with Crippen LogP contribution in [0.15, 0.2) is 121 Å². The van der Waals surface area contributed by atoms with Crippen LogP contribution in [0.5, 0.6) is 0 Å². The SMILES string of the molecule is O=CC[C@@H]1C[C@@H](OCc2ccccc2)[C@H](OCc2ccccc2)[C@H](COCc2ccccc2)N1C(=O)OCc1ccccc1. The van der Waals surface area contributed by atoms with Crippen molar-refractivity contribution in [2.75, 3.05) is 6.61 Å². The maximum atomic E-state index is 13.8. The van der Waals surface area contributed by atoms with Crippen LogP contribution >= 0.6 is 0 Å². The Bertz CT molecular complexity index is 1400. The van der Waals surface area contributed by atoms with Gasteiger partial charge in [-0.25, -0.2) is 4.79 Å². The minimum atomic E-state index is -0.565. The molecule has 0 spiro atoms. The normalized spacial score (nSPS) is 19.8. The van der Waals surface area contributed by atoms with E-state index in [1.807, 2.05) is 121 Å². The minimum Gasteiger partial charge on any atom is -0.445 e. The van der Waals surface area contributed by atoms with Gasteiger partial charge in [0.05, 0.1) is 38.6 Å². The van der Waals surface area contributed by atoms with Crippen molar-refractivity contribution in [1.82, 2.24) is 4.90 Å². The van der Waals surface area contributed by atoms with Gasteiger partial charge >= 0.3 is 6.09 Å². The second-order valence-electron chi connectivity index (χ2n) is 10.9. The number of ether oxygens (including phenoxy) is 4. The number of carbonyl (C=O) groups is 2. The van der Waals surface area contributed by atoms with E-state index in [1.165, 1.54) is 0 Å². The Balaban J connectivity index is 1.42. The number of aldehydes is 1. The molecule has 1 amide bonds. The zero-order valence-electron chi connectivity index (χ0n) is 24.8. The zero-order valence-corrected chi connectivity index (χ0v) is 24.8. The lowest BCUT2D eigenvalue weighted by Crippen LogP contribution is -2.63. The van der Waals surface area contributed by atoms with E-state index in [-0.39, 0.29) is 19.6 Å². The molecule has 0 aliphatic carbocycles. The number of amides is 1. The molecule has 1 aliphatic heterocycles. The van der Waals surface area contributed by atoms with Crippen molar-refractivity contribution in [3.63, 3.8) is 0 Å². The van der Waals surface area contributed by atoms with E-state index in [1.54, 1.807) is 4.90 Å². The largest absolute Gasteiger partial charge is 0.445 e. The molecule has 0 aromatic heterocycles. The molecule has 0 radical (unpaired) electrons. The molecular formula is C37H39NO6. The van der Waals surface area contributed by atoms with E-state index in [4.69, 9.17) is 18.9 Å². The second-order valence-corrected chi connectivity index (χ2v) is 10.9. The molecule has 1 heterocycles. The summed E-state index contributed by atoms with van der Waals surface area (Å²) in [4.78, 5) is 27.4. The summed E-state index contributed by atoms with van der Waals surface area (Å²) >= 11 is 0. The summed E-state index contributed by atoms with van der Waals surface area (Å²) in [5.41, 5.74) is 3.93. The number of rotatable bonds is 14. The third-order valence-electron chi connectivity index (χ3n) is 7.78. The van der Waals surface area contributed by atoms with Crippen LogP contribution in [0.2, 0.25) is 0 Å². The summed E-state index contributed by atoms with van der Waals surface area (Å²) in [5.74, 6) is 0. The van der Waals surface area contributed by atoms with Gasteiger partial charge in [-0.15, -0.1) is 0 Å². The number of likely N-dealkylation sites (tertiary alicyclic amines) is 1. The predicted molar refractivity (Wildman–Crippen MR) is 167 cm³/mol. The van der Waals surface area contributed by atoms with Crippen LogP contribution in [0.25, 0.3) is 0 Å². The van der Waals surface area contributed by atoms with Gasteiger partial charge in [0.15, 0.2) is 0 Å². The van der Waals surface area contributed by atoms with Crippen molar-refractivity contribution in [3.8, 4) is 0 Å². The highest BCUT2D eigenvalue weighted by atomic mass is 16.6. The third kappa shape index (κ3) is 8.86. The van der Waals surface area contributed by atoms with E-state index in [9.17, 15) is 9.59 Å². The molecule has 4 aromatic carbocycles. The van der Waals surface area contributed by atoms with Crippen LogP contribution in [0, 0.1) is 0 Å². The Morgan fingerprint density at radius 3 is 1.66 bits per heavy atom. The Kier molecular flexibility index (Phi) is 11.7. The zero-order chi connectivity index (χ0) is 30.4. The lowest BCUT2D eigenvalue weighted by atomic mass is 9.89. The number of piperidine rings is 1. The maximum absolute atomic E-state index is 13.8. The molecule has 0 bridgehead atoms. The van der Waals surface area contributed by atoms with Crippen molar-refractivity contribution >= 4 is 12.4 Å². The average molecular weight is 594 g/mol. The van der Waals surface area contributed by atoms with Crippen LogP contribution in [-0.2, 0) is 50.2 Å². The lowest BCUT2D eigenvalue weighted by molar-refractivity contribution is -0.166. The first-order chi connectivity index (χ1) is 21.7. The monoisotopic (exact) mass is 593 g/mol. The minimum absolute atomic E-state index is 0.116. The summed E-state index contributed by atoms with van der Waals surface area (Å²) in [5, 5.41) is 0. The second kappa shape index (κ2) is 16.5. The molecule has 0 saturated carbocycles. The summed E-state index contributed by atoms with van der Waals surface area (Å²) in [6.45, 7) is 1.36. The summed E-state index contributed by atoms with van der Waals surface area (Å²) in [6.07, 6.45) is -0.0332. The number of carbonyl (C=O) groups excluding carboxylic acids is 2. The van der Waals surface area contributed by atoms with E-state index in [0.717, 1.165) is 28.5 Å². The summed E-state index contributed by atoms with van der Waals surface area (Å²) in [7, 11) is 0. The Morgan fingerprint density at radius 2 is 1.14 bits per heavy atom. The molecule has 0 unspecified atom stereocenters. The first-order valence-electron chi connectivity index (χ1n) is 15.1. The van der Waals surface area contributed by atoms with Gasteiger partial charge in [0.25, 0.3) is 0 Å². The van der Waals surface area contributed by atoms with Crippen LogP contribution in [0.4, 0.5) is 4.79 Å². The molecule has 44 heavy (non-hydrogen) atoms. The van der Waals surface area contributed by atoms with Crippen LogP contribution < -0.4 is 0 Å². The first-order valence-corrected chi connectivity index (χ1v) is 15.1. The van der Waals surface area contributed by atoms with Crippen LogP contribution in [-0.4, -0.2) is 48.2 Å². The van der Waals surface area contributed by atoms with Crippen molar-refractivity contribution in [3.05, 3.63) is 144 Å². The van der Waals surface area contributed by atoms with Gasteiger partial charge in [0.1, 0.15) is 19.0 Å². The molecule has 228 valence electrons. The molecule has 0 N–H and O–H groups in total. The van der Waals surface area contributed by atoms with Gasteiger partial charge in [-0.1, -0.05) is 121 Å². The first kappa shape index (κ1) is 31.1. The number of benzene rings is 4. The van der Waals surface area contributed by atoms with E-state index in [0.29, 0.717) is 26.2 Å². The summed E-state index contributed by atoms with van der Waals surface area (Å²) in [6, 6.07) is 38.3. The average Bonchev–Trinajstić information content (AvgIpc) is 3.08. The Labute approximate surface area is 259 Å². The fourth-order valence-corrected chi connectivity index (χ4v) is 5.56. The third-order valence-corrected chi connectivity index (χ3v) is 7.78. The number of nitrogens with zero attached hydrogens (tertiary/aromatic N) is 1.